The van der Waals surface area contributed by atoms with Crippen molar-refractivity contribution >= 4 is 27.5 Å². The normalized spacial score (nSPS) is 21.4. The zero-order valence-electron chi connectivity index (χ0n) is 12.4. The van der Waals surface area contributed by atoms with Crippen molar-refractivity contribution in [2.45, 2.75) is 43.2 Å². The van der Waals surface area contributed by atoms with Gasteiger partial charge in [-0.05, 0) is 44.9 Å². The number of primary sulfonamides is 1. The van der Waals surface area contributed by atoms with Crippen LogP contribution in [-0.2, 0) is 14.8 Å². The molecule has 0 unspecified atom stereocenters. The minimum Gasteiger partial charge on any atom is -0.375 e. The fourth-order valence-corrected chi connectivity index (χ4v) is 3.59. The minimum absolute atomic E-state index is 0.00735. The number of sulfonamides is 1. The Morgan fingerprint density at radius 1 is 1.45 bits per heavy atom. The Labute approximate surface area is 135 Å². The second-order valence-electron chi connectivity index (χ2n) is 5.96. The molecule has 1 heterocycles. The molecule has 22 heavy (non-hydrogen) atoms. The van der Waals surface area contributed by atoms with Crippen LogP contribution in [0.25, 0.3) is 0 Å². The standard InChI is InChI=1S/C14H19ClN2O4S/c1-14(2)8-10(5-6-21-14)17-13(18)9-3-4-12(11(15)7-9)22(16,19)20/h3-4,7,10H,5-6,8H2,1-2H3,(H,17,18)(H2,16,19,20)/t10-/m1/s1. The molecule has 0 bridgehead atoms. The first kappa shape index (κ1) is 17.2. The van der Waals surface area contributed by atoms with Gasteiger partial charge in [0.05, 0.1) is 10.6 Å². The summed E-state index contributed by atoms with van der Waals surface area (Å²) in [5.41, 5.74) is 0.0207. The third kappa shape index (κ3) is 4.19. The number of hydrogen-bond acceptors (Lipinski definition) is 4. The van der Waals surface area contributed by atoms with Gasteiger partial charge < -0.3 is 10.1 Å². The predicted molar refractivity (Wildman–Crippen MR) is 83.3 cm³/mol. The van der Waals surface area contributed by atoms with Crippen LogP contribution in [0.1, 0.15) is 37.0 Å². The van der Waals surface area contributed by atoms with E-state index in [4.69, 9.17) is 21.5 Å². The molecule has 1 atom stereocenters. The molecule has 0 aromatic heterocycles. The van der Waals surface area contributed by atoms with Gasteiger partial charge in [-0.15, -0.1) is 0 Å². The van der Waals surface area contributed by atoms with Crippen molar-refractivity contribution in [3.63, 3.8) is 0 Å². The number of halogens is 1. The third-order valence-electron chi connectivity index (χ3n) is 3.53. The van der Waals surface area contributed by atoms with Gasteiger partial charge in [-0.1, -0.05) is 11.6 Å². The van der Waals surface area contributed by atoms with Gasteiger partial charge in [-0.2, -0.15) is 0 Å². The topological polar surface area (TPSA) is 98.5 Å². The molecule has 1 fully saturated rings. The van der Waals surface area contributed by atoms with Gasteiger partial charge in [-0.25, -0.2) is 13.6 Å². The SMILES string of the molecule is CC1(C)C[C@H](NC(=O)c2ccc(S(N)(=O)=O)c(Cl)c2)CCO1. The maximum Gasteiger partial charge on any atom is 0.251 e. The van der Waals surface area contributed by atoms with E-state index in [0.717, 1.165) is 6.42 Å². The van der Waals surface area contributed by atoms with Crippen LogP contribution >= 0.6 is 11.6 Å². The Kier molecular flexibility index (Phi) is 4.81. The van der Waals surface area contributed by atoms with Gasteiger partial charge in [0.2, 0.25) is 10.0 Å². The Bertz CT molecular complexity index is 688. The lowest BCUT2D eigenvalue weighted by Crippen LogP contribution is -2.45. The zero-order chi connectivity index (χ0) is 16.5. The van der Waals surface area contributed by atoms with Gasteiger partial charge in [0.15, 0.2) is 0 Å². The van der Waals surface area contributed by atoms with Crippen molar-refractivity contribution in [3.05, 3.63) is 28.8 Å². The highest BCUT2D eigenvalue weighted by atomic mass is 35.5. The molecule has 1 aliphatic rings. The molecule has 1 amide bonds. The lowest BCUT2D eigenvalue weighted by Gasteiger charge is -2.35. The number of nitrogens with one attached hydrogen (secondary N) is 1. The van der Waals surface area contributed by atoms with Crippen LogP contribution in [0.2, 0.25) is 5.02 Å². The summed E-state index contributed by atoms with van der Waals surface area (Å²) in [4.78, 5) is 12.0. The smallest absolute Gasteiger partial charge is 0.251 e. The second kappa shape index (κ2) is 6.16. The second-order valence-corrected chi connectivity index (χ2v) is 7.90. The van der Waals surface area contributed by atoms with E-state index in [1.165, 1.54) is 18.2 Å². The highest BCUT2D eigenvalue weighted by molar-refractivity contribution is 7.89. The van der Waals surface area contributed by atoms with E-state index in [-0.39, 0.29) is 27.5 Å². The van der Waals surface area contributed by atoms with Crippen molar-refractivity contribution in [3.8, 4) is 0 Å². The molecule has 1 saturated heterocycles. The fourth-order valence-electron chi connectivity index (χ4n) is 2.50. The average Bonchev–Trinajstić information content (AvgIpc) is 2.35. The number of carbonyl (C=O) groups is 1. The summed E-state index contributed by atoms with van der Waals surface area (Å²) in [5, 5.41) is 7.89. The quantitative estimate of drug-likeness (QED) is 0.869. The molecule has 0 aliphatic carbocycles. The van der Waals surface area contributed by atoms with Gasteiger partial charge in [-0.3, -0.25) is 4.79 Å². The van der Waals surface area contributed by atoms with Gasteiger partial charge in [0.25, 0.3) is 5.91 Å². The van der Waals surface area contributed by atoms with Gasteiger partial charge in [0.1, 0.15) is 4.90 Å². The van der Waals surface area contributed by atoms with Crippen LogP contribution in [-0.4, -0.2) is 32.6 Å². The third-order valence-corrected chi connectivity index (χ3v) is 4.93. The largest absolute Gasteiger partial charge is 0.375 e. The van der Waals surface area contributed by atoms with Crippen molar-refractivity contribution in [2.75, 3.05) is 6.61 Å². The minimum atomic E-state index is -3.90. The highest BCUT2D eigenvalue weighted by Crippen LogP contribution is 2.25. The van der Waals surface area contributed by atoms with E-state index < -0.39 is 10.0 Å². The van der Waals surface area contributed by atoms with Crippen LogP contribution in [0, 0.1) is 0 Å². The summed E-state index contributed by atoms with van der Waals surface area (Å²) in [7, 11) is -3.90. The van der Waals surface area contributed by atoms with Crippen LogP contribution in [0.3, 0.4) is 0 Å². The van der Waals surface area contributed by atoms with Gasteiger partial charge >= 0.3 is 0 Å². The number of hydrogen-bond donors (Lipinski definition) is 2. The maximum atomic E-state index is 12.2. The first-order valence-corrected chi connectivity index (χ1v) is 8.78. The van der Waals surface area contributed by atoms with Crippen LogP contribution in [0.5, 0.6) is 0 Å². The van der Waals surface area contributed by atoms with E-state index in [9.17, 15) is 13.2 Å². The van der Waals surface area contributed by atoms with E-state index in [1.54, 1.807) is 0 Å². The molecule has 1 aliphatic heterocycles. The number of carbonyl (C=O) groups excluding carboxylic acids is 1. The molecule has 0 radical (unpaired) electrons. The molecule has 1 aromatic carbocycles. The van der Waals surface area contributed by atoms with E-state index in [2.05, 4.69) is 5.32 Å². The summed E-state index contributed by atoms with van der Waals surface area (Å²) in [5.74, 6) is -0.300. The first-order chi connectivity index (χ1) is 10.1. The van der Waals surface area contributed by atoms with E-state index in [1.807, 2.05) is 13.8 Å². The maximum absolute atomic E-state index is 12.2. The lowest BCUT2D eigenvalue weighted by atomic mass is 9.94. The zero-order valence-corrected chi connectivity index (χ0v) is 14.0. The Hall–Kier alpha value is -1.15. The molecule has 2 rings (SSSR count). The summed E-state index contributed by atoms with van der Waals surface area (Å²) >= 11 is 5.89. The monoisotopic (exact) mass is 346 g/mol. The average molecular weight is 347 g/mol. The lowest BCUT2D eigenvalue weighted by molar-refractivity contribution is -0.0615. The van der Waals surface area contributed by atoms with Gasteiger partial charge in [0, 0.05) is 18.2 Å². The predicted octanol–water partition coefficient (Wildman–Crippen LogP) is 1.67. The summed E-state index contributed by atoms with van der Waals surface area (Å²) in [6.45, 7) is 4.54. The molecule has 6 nitrogen and oxygen atoms in total. The number of amides is 1. The Morgan fingerprint density at radius 3 is 2.68 bits per heavy atom. The molecule has 0 saturated carbocycles. The number of nitrogens with two attached hydrogens (primary N) is 1. The summed E-state index contributed by atoms with van der Waals surface area (Å²) in [6.07, 6.45) is 1.44. The molecular weight excluding hydrogens is 328 g/mol. The van der Waals surface area contributed by atoms with E-state index >= 15 is 0 Å². The van der Waals surface area contributed by atoms with Crippen molar-refractivity contribution in [1.29, 1.82) is 0 Å². The summed E-state index contributed by atoms with van der Waals surface area (Å²) in [6, 6.07) is 3.94. The molecule has 122 valence electrons. The Balaban J connectivity index is 2.12. The molecule has 0 spiro atoms. The molecule has 3 N–H and O–H groups in total. The highest BCUT2D eigenvalue weighted by Gasteiger charge is 2.30. The van der Waals surface area contributed by atoms with Crippen LogP contribution in [0.15, 0.2) is 23.1 Å². The summed E-state index contributed by atoms with van der Waals surface area (Å²) < 4.78 is 28.2. The van der Waals surface area contributed by atoms with Crippen molar-refractivity contribution < 1.29 is 17.9 Å². The number of benzene rings is 1. The number of ether oxygens (including phenoxy) is 1. The molecular formula is C14H19ClN2O4S. The fraction of sp³-hybridized carbons (Fsp3) is 0.500. The van der Waals surface area contributed by atoms with Crippen LogP contribution in [0.4, 0.5) is 0 Å². The first-order valence-electron chi connectivity index (χ1n) is 6.86. The van der Waals surface area contributed by atoms with Crippen molar-refractivity contribution in [2.24, 2.45) is 5.14 Å². The van der Waals surface area contributed by atoms with Crippen molar-refractivity contribution in [1.82, 2.24) is 5.32 Å². The Morgan fingerprint density at radius 2 is 2.14 bits per heavy atom. The molecule has 1 aromatic rings. The van der Waals surface area contributed by atoms with E-state index in [0.29, 0.717) is 18.6 Å². The molecule has 8 heteroatoms. The van der Waals surface area contributed by atoms with Crippen LogP contribution < -0.4 is 10.5 Å². The number of rotatable bonds is 3.